The van der Waals surface area contributed by atoms with Crippen LogP contribution in [0.25, 0.3) is 0 Å². The van der Waals surface area contributed by atoms with Gasteiger partial charge in [0.2, 0.25) is 5.91 Å². The molecule has 160 valence electrons. The first-order chi connectivity index (χ1) is 14.1. The van der Waals surface area contributed by atoms with E-state index in [0.717, 1.165) is 44.1 Å². The number of ether oxygens (including phenoxy) is 1. The second kappa shape index (κ2) is 13.2. The molecule has 1 heterocycles. The van der Waals surface area contributed by atoms with Gasteiger partial charge in [-0.15, -0.1) is 0 Å². The minimum absolute atomic E-state index is 0.185. The Balaban J connectivity index is 1.81. The number of carbonyl (C=O) groups is 2. The van der Waals surface area contributed by atoms with E-state index in [1.54, 1.807) is 0 Å². The summed E-state index contributed by atoms with van der Waals surface area (Å²) in [6.45, 7) is 0.608. The van der Waals surface area contributed by atoms with E-state index in [1.165, 1.54) is 7.11 Å². The fourth-order valence-electron chi connectivity index (χ4n) is 3.86. The van der Waals surface area contributed by atoms with Crippen LogP contribution in [0.3, 0.4) is 0 Å². The van der Waals surface area contributed by atoms with Crippen LogP contribution in [0.5, 0.6) is 0 Å². The number of esters is 1. The molecule has 1 amide bonds. The number of amides is 1. The van der Waals surface area contributed by atoms with Gasteiger partial charge >= 0.3 is 5.97 Å². The van der Waals surface area contributed by atoms with Crippen molar-refractivity contribution in [3.8, 4) is 0 Å². The van der Waals surface area contributed by atoms with Gasteiger partial charge in [-0.3, -0.25) is 9.59 Å². The third-order valence-electron chi connectivity index (χ3n) is 5.53. The standard InChI is InChI=1S/C24H35NO4/c1-29-24(28)15-7-2-3-10-18-25-21(13-8-9-14-23(25)27)16-17-22(26)19-20-11-5-4-6-12-20/h3-6,10-12,21-22,26H,2,7-9,13-19H2,1H3. The summed E-state index contributed by atoms with van der Waals surface area (Å²) in [5.74, 6) is 0.0273. The molecule has 0 aromatic heterocycles. The summed E-state index contributed by atoms with van der Waals surface area (Å²) >= 11 is 0. The van der Waals surface area contributed by atoms with Gasteiger partial charge in [-0.2, -0.15) is 0 Å². The number of aliphatic hydroxyl groups excluding tert-OH is 1. The average molecular weight is 402 g/mol. The van der Waals surface area contributed by atoms with Gasteiger partial charge in [-0.25, -0.2) is 0 Å². The van der Waals surface area contributed by atoms with Gasteiger partial charge in [-0.05, 0) is 50.5 Å². The number of nitrogens with zero attached hydrogens (tertiary/aromatic N) is 1. The molecule has 1 aromatic rings. The van der Waals surface area contributed by atoms with Crippen LogP contribution >= 0.6 is 0 Å². The van der Waals surface area contributed by atoms with E-state index in [-0.39, 0.29) is 24.0 Å². The van der Waals surface area contributed by atoms with E-state index in [1.807, 2.05) is 47.4 Å². The Hall–Kier alpha value is -2.14. The maximum absolute atomic E-state index is 12.6. The highest BCUT2D eigenvalue weighted by atomic mass is 16.5. The molecule has 29 heavy (non-hydrogen) atoms. The molecule has 2 atom stereocenters. The largest absolute Gasteiger partial charge is 0.469 e. The minimum atomic E-state index is -0.383. The number of unbranched alkanes of at least 4 members (excludes halogenated alkanes) is 1. The zero-order chi connectivity index (χ0) is 20.9. The monoisotopic (exact) mass is 401 g/mol. The van der Waals surface area contributed by atoms with Gasteiger partial charge in [-0.1, -0.05) is 48.9 Å². The minimum Gasteiger partial charge on any atom is -0.469 e. The maximum Gasteiger partial charge on any atom is 0.305 e. The highest BCUT2D eigenvalue weighted by molar-refractivity contribution is 5.77. The number of rotatable bonds is 11. The van der Waals surface area contributed by atoms with Crippen molar-refractivity contribution in [3.63, 3.8) is 0 Å². The lowest BCUT2D eigenvalue weighted by Gasteiger charge is -2.30. The second-order valence-corrected chi connectivity index (χ2v) is 7.81. The lowest BCUT2D eigenvalue weighted by Crippen LogP contribution is -2.39. The van der Waals surface area contributed by atoms with Crippen molar-refractivity contribution >= 4 is 11.9 Å². The molecule has 0 spiro atoms. The van der Waals surface area contributed by atoms with Crippen LogP contribution in [0.2, 0.25) is 0 Å². The van der Waals surface area contributed by atoms with E-state index in [2.05, 4.69) is 4.74 Å². The predicted molar refractivity (Wildman–Crippen MR) is 114 cm³/mol. The predicted octanol–water partition coefficient (Wildman–Crippen LogP) is 4.04. The van der Waals surface area contributed by atoms with Crippen molar-refractivity contribution in [1.29, 1.82) is 0 Å². The van der Waals surface area contributed by atoms with Crippen LogP contribution in [-0.4, -0.2) is 47.7 Å². The summed E-state index contributed by atoms with van der Waals surface area (Å²) in [5.41, 5.74) is 1.14. The fourth-order valence-corrected chi connectivity index (χ4v) is 3.86. The van der Waals surface area contributed by atoms with E-state index >= 15 is 0 Å². The first-order valence-corrected chi connectivity index (χ1v) is 10.8. The normalized spacial score (nSPS) is 18.6. The van der Waals surface area contributed by atoms with E-state index in [9.17, 15) is 14.7 Å². The fraction of sp³-hybridized carbons (Fsp3) is 0.583. The Morgan fingerprint density at radius 2 is 2.07 bits per heavy atom. The van der Waals surface area contributed by atoms with Crippen LogP contribution < -0.4 is 0 Å². The lowest BCUT2D eigenvalue weighted by atomic mass is 9.98. The Kier molecular flexibility index (Phi) is 10.5. The molecular formula is C24H35NO4. The molecule has 2 rings (SSSR count). The summed E-state index contributed by atoms with van der Waals surface area (Å²) < 4.78 is 4.64. The van der Waals surface area contributed by atoms with Crippen molar-refractivity contribution < 1.29 is 19.4 Å². The molecule has 0 radical (unpaired) electrons. The highest BCUT2D eigenvalue weighted by Crippen LogP contribution is 2.22. The molecule has 1 aliphatic heterocycles. The molecule has 5 nitrogen and oxygen atoms in total. The zero-order valence-electron chi connectivity index (χ0n) is 17.6. The number of hydrogen-bond donors (Lipinski definition) is 1. The summed E-state index contributed by atoms with van der Waals surface area (Å²) in [4.78, 5) is 25.7. The zero-order valence-corrected chi connectivity index (χ0v) is 17.6. The Bertz CT molecular complexity index is 644. The van der Waals surface area contributed by atoms with Gasteiger partial charge < -0.3 is 14.7 Å². The first-order valence-electron chi connectivity index (χ1n) is 10.8. The molecule has 5 heteroatoms. The third-order valence-corrected chi connectivity index (χ3v) is 5.53. The second-order valence-electron chi connectivity index (χ2n) is 7.81. The molecular weight excluding hydrogens is 366 g/mol. The van der Waals surface area contributed by atoms with E-state index < -0.39 is 0 Å². The van der Waals surface area contributed by atoms with Crippen LogP contribution in [-0.2, 0) is 20.7 Å². The molecule has 0 saturated carbocycles. The number of methoxy groups -OCH3 is 1. The molecule has 1 aliphatic rings. The number of carbonyl (C=O) groups excluding carboxylic acids is 2. The summed E-state index contributed by atoms with van der Waals surface area (Å²) in [7, 11) is 1.40. The van der Waals surface area contributed by atoms with Gasteiger partial charge in [0.1, 0.15) is 0 Å². The lowest BCUT2D eigenvalue weighted by molar-refractivity contribution is -0.140. The highest BCUT2D eigenvalue weighted by Gasteiger charge is 2.25. The maximum atomic E-state index is 12.6. The van der Waals surface area contributed by atoms with Crippen LogP contribution in [0, 0.1) is 0 Å². The number of benzene rings is 1. The Morgan fingerprint density at radius 3 is 2.83 bits per heavy atom. The third kappa shape index (κ3) is 8.82. The Labute approximate surface area is 174 Å². The summed E-state index contributed by atoms with van der Waals surface area (Å²) in [5, 5.41) is 10.4. The number of aliphatic hydroxyl groups is 1. The van der Waals surface area contributed by atoms with Crippen molar-refractivity contribution in [1.82, 2.24) is 4.90 Å². The number of hydrogen-bond acceptors (Lipinski definition) is 4. The van der Waals surface area contributed by atoms with Crippen molar-refractivity contribution in [2.24, 2.45) is 0 Å². The molecule has 1 N–H and O–H groups in total. The van der Waals surface area contributed by atoms with Gasteiger partial charge in [0.15, 0.2) is 0 Å². The SMILES string of the molecule is COC(=O)CCCC=CCN1C(=O)CCCCC1CCC(O)Cc1ccccc1. The van der Waals surface area contributed by atoms with Crippen molar-refractivity contribution in [2.75, 3.05) is 13.7 Å². The van der Waals surface area contributed by atoms with Crippen LogP contribution in [0.15, 0.2) is 42.5 Å². The summed E-state index contributed by atoms with van der Waals surface area (Å²) in [6, 6.07) is 10.2. The van der Waals surface area contributed by atoms with Gasteiger partial charge in [0.05, 0.1) is 13.2 Å². The van der Waals surface area contributed by atoms with Gasteiger partial charge in [0.25, 0.3) is 0 Å². The summed E-state index contributed by atoms with van der Waals surface area (Å²) in [6.07, 6.45) is 11.5. The van der Waals surface area contributed by atoms with E-state index in [0.29, 0.717) is 32.2 Å². The smallest absolute Gasteiger partial charge is 0.305 e. The molecule has 2 unspecified atom stereocenters. The topological polar surface area (TPSA) is 66.8 Å². The Morgan fingerprint density at radius 1 is 1.28 bits per heavy atom. The quantitative estimate of drug-likeness (QED) is 0.345. The van der Waals surface area contributed by atoms with Crippen molar-refractivity contribution in [2.45, 2.75) is 76.4 Å². The van der Waals surface area contributed by atoms with Crippen molar-refractivity contribution in [3.05, 3.63) is 48.0 Å². The molecule has 0 aliphatic carbocycles. The molecule has 1 saturated heterocycles. The molecule has 1 fully saturated rings. The van der Waals surface area contributed by atoms with Gasteiger partial charge in [0, 0.05) is 25.4 Å². The molecule has 1 aromatic carbocycles. The first kappa shape index (κ1) is 23.1. The number of likely N-dealkylation sites (tertiary alicyclic amines) is 1. The molecule has 0 bridgehead atoms. The van der Waals surface area contributed by atoms with Crippen LogP contribution in [0.1, 0.15) is 63.4 Å². The average Bonchev–Trinajstić information content (AvgIpc) is 2.90. The number of allylic oxidation sites excluding steroid dienone is 1. The van der Waals surface area contributed by atoms with E-state index in [4.69, 9.17) is 0 Å². The van der Waals surface area contributed by atoms with Crippen LogP contribution in [0.4, 0.5) is 0 Å².